The first-order valence-corrected chi connectivity index (χ1v) is 12.0. The highest BCUT2D eigenvalue weighted by Gasteiger charge is 2.20. The third-order valence-electron chi connectivity index (χ3n) is 4.91. The van der Waals surface area contributed by atoms with Crippen LogP contribution in [0.15, 0.2) is 78.0 Å². The summed E-state index contributed by atoms with van der Waals surface area (Å²) in [6, 6.07) is 21.7. The van der Waals surface area contributed by atoms with Crippen molar-refractivity contribution in [3.8, 4) is 16.9 Å². The van der Waals surface area contributed by atoms with E-state index in [9.17, 15) is 4.79 Å². The first kappa shape index (κ1) is 23.3. The highest BCUT2D eigenvalue weighted by Crippen LogP contribution is 2.34. The molecule has 0 aliphatic rings. The number of hydrogen-bond donors (Lipinski definition) is 2. The quantitative estimate of drug-likeness (QED) is 0.254. The van der Waals surface area contributed by atoms with Gasteiger partial charge in [0.25, 0.3) is 0 Å². The summed E-state index contributed by atoms with van der Waals surface area (Å²) in [5.41, 5.74) is 4.55. The zero-order chi connectivity index (χ0) is 23.8. The van der Waals surface area contributed by atoms with E-state index in [-0.39, 0.29) is 0 Å². The molecule has 2 aromatic carbocycles. The van der Waals surface area contributed by atoms with Crippen molar-refractivity contribution in [1.29, 1.82) is 0 Å². The molecule has 2 aromatic heterocycles. The average molecular weight is 475 g/mol. The van der Waals surface area contributed by atoms with Crippen LogP contribution in [0.1, 0.15) is 12.6 Å². The lowest BCUT2D eigenvalue weighted by atomic mass is 10.2. The maximum atomic E-state index is 11.6. The van der Waals surface area contributed by atoms with Gasteiger partial charge in [-0.15, -0.1) is 11.8 Å². The fourth-order valence-electron chi connectivity index (χ4n) is 3.38. The number of alkyl carbamates (subject to hydrolysis) is 1. The number of anilines is 2. The molecule has 0 spiro atoms. The maximum absolute atomic E-state index is 11.6. The van der Waals surface area contributed by atoms with E-state index in [0.717, 1.165) is 33.4 Å². The number of thioether (sulfide) groups is 1. The van der Waals surface area contributed by atoms with E-state index in [1.54, 1.807) is 24.9 Å². The number of para-hydroxylation sites is 2. The number of nitrogens with zero attached hydrogens (tertiary/aromatic N) is 4. The second kappa shape index (κ2) is 11.3. The van der Waals surface area contributed by atoms with Gasteiger partial charge >= 0.3 is 6.09 Å². The predicted octanol–water partition coefficient (Wildman–Crippen LogP) is 5.22. The van der Waals surface area contributed by atoms with Crippen LogP contribution in [-0.2, 0) is 4.74 Å². The van der Waals surface area contributed by atoms with Crippen molar-refractivity contribution in [1.82, 2.24) is 25.1 Å². The fraction of sp³-hybridized carbons (Fsp3) is 0.200. The van der Waals surface area contributed by atoms with Gasteiger partial charge in [0.15, 0.2) is 0 Å². The third-order valence-corrected chi connectivity index (χ3v) is 5.88. The lowest BCUT2D eigenvalue weighted by Gasteiger charge is -2.08. The van der Waals surface area contributed by atoms with E-state index in [2.05, 4.69) is 15.6 Å². The summed E-state index contributed by atoms with van der Waals surface area (Å²) in [5, 5.41) is 11.7. The van der Waals surface area contributed by atoms with Crippen LogP contribution in [0.3, 0.4) is 0 Å². The normalized spacial score (nSPS) is 10.6. The molecule has 174 valence electrons. The highest BCUT2D eigenvalue weighted by atomic mass is 32.2. The fourth-order valence-corrected chi connectivity index (χ4v) is 4.32. The Labute approximate surface area is 202 Å². The van der Waals surface area contributed by atoms with Crippen molar-refractivity contribution < 1.29 is 9.53 Å². The van der Waals surface area contributed by atoms with Crippen LogP contribution in [0.4, 0.5) is 16.4 Å². The molecule has 4 aromatic rings. The number of benzene rings is 2. The van der Waals surface area contributed by atoms with E-state index in [1.807, 2.05) is 78.3 Å². The molecule has 0 saturated carbocycles. The van der Waals surface area contributed by atoms with Gasteiger partial charge in [0.2, 0.25) is 5.95 Å². The number of nitrogens with one attached hydrogen (secondary N) is 2. The topological polar surface area (TPSA) is 94.0 Å². The van der Waals surface area contributed by atoms with Crippen molar-refractivity contribution >= 4 is 29.5 Å². The Balaban J connectivity index is 1.63. The Morgan fingerprint density at radius 1 is 1.06 bits per heavy atom. The Morgan fingerprint density at radius 2 is 1.79 bits per heavy atom. The van der Waals surface area contributed by atoms with E-state index in [0.29, 0.717) is 24.9 Å². The Hall–Kier alpha value is -3.85. The smallest absolute Gasteiger partial charge is 0.407 e. The van der Waals surface area contributed by atoms with Crippen LogP contribution in [0.2, 0.25) is 0 Å². The molecule has 0 bridgehead atoms. The zero-order valence-corrected chi connectivity index (χ0v) is 19.9. The monoisotopic (exact) mass is 474 g/mol. The molecule has 1 amide bonds. The molecule has 0 aliphatic carbocycles. The number of carbonyl (C=O) groups excluding carboxylic acids is 1. The van der Waals surface area contributed by atoms with Gasteiger partial charge in [0.1, 0.15) is 5.03 Å². The Kier molecular flexibility index (Phi) is 7.77. The van der Waals surface area contributed by atoms with Gasteiger partial charge in [-0.3, -0.25) is 0 Å². The van der Waals surface area contributed by atoms with Crippen molar-refractivity contribution in [2.75, 3.05) is 24.2 Å². The minimum Gasteiger partial charge on any atom is -0.450 e. The second-order valence-electron chi connectivity index (χ2n) is 7.27. The molecule has 0 aliphatic heterocycles. The summed E-state index contributed by atoms with van der Waals surface area (Å²) in [4.78, 5) is 20.7. The number of ether oxygens (including phenoxy) is 1. The SMILES string of the molecule is CCOC(=O)NCCSc1nn(-c2ccccc2)c(C)c1-c1ccnc(Nc2ccccc2)n1. The van der Waals surface area contributed by atoms with Crippen LogP contribution >= 0.6 is 11.8 Å². The third kappa shape index (κ3) is 5.74. The number of hydrogen-bond acceptors (Lipinski definition) is 7. The lowest BCUT2D eigenvalue weighted by molar-refractivity contribution is 0.153. The molecule has 9 heteroatoms. The minimum absolute atomic E-state index is 0.344. The highest BCUT2D eigenvalue weighted by molar-refractivity contribution is 7.99. The van der Waals surface area contributed by atoms with Gasteiger partial charge in [0.05, 0.1) is 29.2 Å². The van der Waals surface area contributed by atoms with Crippen LogP contribution < -0.4 is 10.6 Å². The molecule has 34 heavy (non-hydrogen) atoms. The maximum Gasteiger partial charge on any atom is 0.407 e. The van der Waals surface area contributed by atoms with E-state index >= 15 is 0 Å². The predicted molar refractivity (Wildman–Crippen MR) is 135 cm³/mol. The van der Waals surface area contributed by atoms with Gasteiger partial charge in [-0.25, -0.2) is 19.4 Å². The van der Waals surface area contributed by atoms with Gasteiger partial charge < -0.3 is 15.4 Å². The summed E-state index contributed by atoms with van der Waals surface area (Å²) in [7, 11) is 0. The molecular formula is C25H26N6O2S. The largest absolute Gasteiger partial charge is 0.450 e. The van der Waals surface area contributed by atoms with Crippen molar-refractivity contribution in [3.63, 3.8) is 0 Å². The number of carbonyl (C=O) groups is 1. The molecule has 0 saturated heterocycles. The molecule has 0 fully saturated rings. The van der Waals surface area contributed by atoms with E-state index in [4.69, 9.17) is 14.8 Å². The molecule has 8 nitrogen and oxygen atoms in total. The van der Waals surface area contributed by atoms with Crippen molar-refractivity contribution in [3.05, 3.63) is 78.6 Å². The molecule has 2 heterocycles. The summed E-state index contributed by atoms with van der Waals surface area (Å²) < 4.78 is 6.85. The van der Waals surface area contributed by atoms with Crippen LogP contribution in [0, 0.1) is 6.92 Å². The molecule has 0 unspecified atom stereocenters. The summed E-state index contributed by atoms with van der Waals surface area (Å²) in [5.74, 6) is 1.15. The first-order valence-electron chi connectivity index (χ1n) is 11.0. The first-order chi connectivity index (χ1) is 16.7. The Bertz CT molecular complexity index is 1230. The van der Waals surface area contributed by atoms with E-state index in [1.165, 1.54) is 0 Å². The summed E-state index contributed by atoms with van der Waals surface area (Å²) >= 11 is 1.56. The molecule has 2 N–H and O–H groups in total. The van der Waals surface area contributed by atoms with Crippen molar-refractivity contribution in [2.45, 2.75) is 18.9 Å². The van der Waals surface area contributed by atoms with Crippen LogP contribution in [0.5, 0.6) is 0 Å². The number of amides is 1. The molecule has 4 rings (SSSR count). The number of aromatic nitrogens is 4. The Morgan fingerprint density at radius 3 is 2.53 bits per heavy atom. The van der Waals surface area contributed by atoms with Gasteiger partial charge in [0, 0.05) is 24.2 Å². The van der Waals surface area contributed by atoms with Gasteiger partial charge in [-0.05, 0) is 44.2 Å². The lowest BCUT2D eigenvalue weighted by Crippen LogP contribution is -2.26. The molecular weight excluding hydrogens is 448 g/mol. The van der Waals surface area contributed by atoms with E-state index < -0.39 is 6.09 Å². The summed E-state index contributed by atoms with van der Waals surface area (Å²) in [6.45, 7) is 4.62. The van der Waals surface area contributed by atoms with Crippen LogP contribution in [0.25, 0.3) is 16.9 Å². The second-order valence-corrected chi connectivity index (χ2v) is 8.35. The molecule has 0 atom stereocenters. The standard InChI is InChI=1S/C25H26N6O2S/c1-3-33-25(32)27-16-17-34-23-22(18(2)31(30-23)20-12-8-5-9-13-20)21-14-15-26-24(29-21)28-19-10-6-4-7-11-19/h4-15H,3,16-17H2,1-2H3,(H,27,32)(H,26,28,29). The minimum atomic E-state index is -0.415. The van der Waals surface area contributed by atoms with Crippen LogP contribution in [-0.4, -0.2) is 44.7 Å². The zero-order valence-electron chi connectivity index (χ0n) is 19.1. The average Bonchev–Trinajstić information content (AvgIpc) is 3.19. The van der Waals surface area contributed by atoms with Gasteiger partial charge in [-0.2, -0.15) is 5.10 Å². The van der Waals surface area contributed by atoms with Crippen molar-refractivity contribution in [2.24, 2.45) is 0 Å². The number of rotatable bonds is 9. The van der Waals surface area contributed by atoms with Gasteiger partial charge in [-0.1, -0.05) is 36.4 Å². The summed E-state index contributed by atoms with van der Waals surface area (Å²) in [6.07, 6.45) is 1.32. The molecule has 0 radical (unpaired) electrons.